The zero-order chi connectivity index (χ0) is 20.4. The van der Waals surface area contributed by atoms with E-state index in [2.05, 4.69) is 4.98 Å². The lowest BCUT2D eigenvalue weighted by atomic mass is 10.1. The van der Waals surface area contributed by atoms with Gasteiger partial charge in [0, 0.05) is 35.9 Å². The molecule has 0 bridgehead atoms. The lowest BCUT2D eigenvalue weighted by Gasteiger charge is -2.19. The average molecular weight is 416 g/mol. The van der Waals surface area contributed by atoms with Crippen molar-refractivity contribution in [2.24, 2.45) is 0 Å². The quantitative estimate of drug-likeness (QED) is 0.619. The average Bonchev–Trinajstić information content (AvgIpc) is 3.08. The molecule has 1 aromatic heterocycles. The SMILES string of the molecule is O=C(c1cc(-c2ccc(F)cc2)c[nH]1)N1CCSC(c2cc(F)ccc2F)CC1. The molecule has 1 fully saturated rings. The number of hydrogen-bond acceptors (Lipinski definition) is 2. The molecule has 1 aliphatic heterocycles. The Bertz CT molecular complexity index is 1020. The molecule has 1 unspecified atom stereocenters. The summed E-state index contributed by atoms with van der Waals surface area (Å²) in [6.07, 6.45) is 2.26. The molecule has 150 valence electrons. The number of benzene rings is 2. The van der Waals surface area contributed by atoms with E-state index in [-0.39, 0.29) is 17.0 Å². The van der Waals surface area contributed by atoms with Crippen molar-refractivity contribution in [1.82, 2.24) is 9.88 Å². The Kier molecular flexibility index (Phi) is 5.67. The summed E-state index contributed by atoms with van der Waals surface area (Å²) < 4.78 is 40.7. The van der Waals surface area contributed by atoms with Crippen LogP contribution >= 0.6 is 11.8 Å². The Balaban J connectivity index is 1.46. The van der Waals surface area contributed by atoms with Crippen LogP contribution in [0.25, 0.3) is 11.1 Å². The number of H-pyrrole nitrogens is 1. The molecule has 0 spiro atoms. The summed E-state index contributed by atoms with van der Waals surface area (Å²) in [6.45, 7) is 0.985. The van der Waals surface area contributed by atoms with E-state index in [4.69, 9.17) is 0 Å². The zero-order valence-electron chi connectivity index (χ0n) is 15.5. The third kappa shape index (κ3) is 4.34. The van der Waals surface area contributed by atoms with Crippen LogP contribution in [-0.2, 0) is 0 Å². The highest BCUT2D eigenvalue weighted by Crippen LogP contribution is 2.36. The van der Waals surface area contributed by atoms with Gasteiger partial charge in [0.25, 0.3) is 5.91 Å². The van der Waals surface area contributed by atoms with E-state index >= 15 is 0 Å². The molecular formula is C22H19F3N2OS. The second-order valence-corrected chi connectivity index (χ2v) is 8.23. The molecular weight excluding hydrogens is 397 g/mol. The van der Waals surface area contributed by atoms with Crippen LogP contribution in [0.5, 0.6) is 0 Å². The van der Waals surface area contributed by atoms with Crippen LogP contribution in [0.3, 0.4) is 0 Å². The number of hydrogen-bond donors (Lipinski definition) is 1. The van der Waals surface area contributed by atoms with E-state index in [9.17, 15) is 18.0 Å². The minimum Gasteiger partial charge on any atom is -0.357 e. The number of rotatable bonds is 3. The number of carbonyl (C=O) groups is 1. The molecule has 0 saturated carbocycles. The number of aromatic amines is 1. The van der Waals surface area contributed by atoms with Gasteiger partial charge in [-0.1, -0.05) is 12.1 Å². The fraction of sp³-hybridized carbons (Fsp3) is 0.227. The fourth-order valence-corrected chi connectivity index (χ4v) is 4.72. The fourth-order valence-electron chi connectivity index (χ4n) is 3.48. The van der Waals surface area contributed by atoms with Crippen LogP contribution in [0, 0.1) is 17.5 Å². The monoisotopic (exact) mass is 416 g/mol. The molecule has 1 aliphatic rings. The second kappa shape index (κ2) is 8.37. The van der Waals surface area contributed by atoms with Gasteiger partial charge in [-0.3, -0.25) is 4.79 Å². The third-order valence-electron chi connectivity index (χ3n) is 5.02. The molecule has 7 heteroatoms. The molecule has 0 radical (unpaired) electrons. The number of nitrogens with zero attached hydrogens (tertiary/aromatic N) is 1. The number of aromatic nitrogens is 1. The standard InChI is InChI=1S/C22H19F3N2OS/c23-16-3-1-14(2-4-16)15-11-20(26-13-15)22(28)27-8-7-21(29-10-9-27)18-12-17(24)5-6-19(18)25/h1-6,11-13,21,26H,7-10H2. The predicted octanol–water partition coefficient (Wildman–Crippen LogP) is 5.42. The van der Waals surface area contributed by atoms with Gasteiger partial charge in [0.05, 0.1) is 0 Å². The predicted molar refractivity (Wildman–Crippen MR) is 108 cm³/mol. The molecule has 1 saturated heterocycles. The van der Waals surface area contributed by atoms with E-state index in [1.165, 1.54) is 30.0 Å². The first-order valence-corrected chi connectivity index (χ1v) is 10.4. The number of thioether (sulfide) groups is 1. The van der Waals surface area contributed by atoms with Crippen molar-refractivity contribution < 1.29 is 18.0 Å². The van der Waals surface area contributed by atoms with Crippen LogP contribution in [0.2, 0.25) is 0 Å². The van der Waals surface area contributed by atoms with Crippen molar-refractivity contribution in [3.63, 3.8) is 0 Å². The number of nitrogens with one attached hydrogen (secondary N) is 1. The summed E-state index contributed by atoms with van der Waals surface area (Å²) in [6, 6.07) is 11.3. The second-order valence-electron chi connectivity index (χ2n) is 6.92. The van der Waals surface area contributed by atoms with Gasteiger partial charge in [-0.05, 0) is 53.9 Å². The van der Waals surface area contributed by atoms with Gasteiger partial charge in [0.15, 0.2) is 0 Å². The van der Waals surface area contributed by atoms with Gasteiger partial charge < -0.3 is 9.88 Å². The third-order valence-corrected chi connectivity index (χ3v) is 6.33. The van der Waals surface area contributed by atoms with Gasteiger partial charge in [-0.25, -0.2) is 13.2 Å². The van der Waals surface area contributed by atoms with E-state index in [1.54, 1.807) is 29.3 Å². The maximum Gasteiger partial charge on any atom is 0.270 e. The molecule has 1 N–H and O–H groups in total. The van der Waals surface area contributed by atoms with Crippen molar-refractivity contribution in [2.75, 3.05) is 18.8 Å². The number of carbonyl (C=O) groups excluding carboxylic acids is 1. The normalized spacial score (nSPS) is 17.2. The van der Waals surface area contributed by atoms with Crippen molar-refractivity contribution in [3.05, 3.63) is 83.4 Å². The van der Waals surface area contributed by atoms with Crippen molar-refractivity contribution in [2.45, 2.75) is 11.7 Å². The molecule has 4 rings (SSSR count). The lowest BCUT2D eigenvalue weighted by molar-refractivity contribution is 0.0761. The van der Waals surface area contributed by atoms with Crippen LogP contribution < -0.4 is 0 Å². The van der Waals surface area contributed by atoms with Gasteiger partial charge >= 0.3 is 0 Å². The topological polar surface area (TPSA) is 36.1 Å². The molecule has 1 atom stereocenters. The van der Waals surface area contributed by atoms with E-state index in [0.29, 0.717) is 36.5 Å². The van der Waals surface area contributed by atoms with Crippen LogP contribution in [0.4, 0.5) is 13.2 Å². The number of halogens is 3. The summed E-state index contributed by atoms with van der Waals surface area (Å²) in [5.74, 6) is -0.695. The molecule has 1 amide bonds. The first-order chi connectivity index (χ1) is 14.0. The summed E-state index contributed by atoms with van der Waals surface area (Å²) in [5.41, 5.74) is 2.42. The first kappa shape index (κ1) is 19.6. The minimum atomic E-state index is -0.459. The van der Waals surface area contributed by atoms with Gasteiger partial charge in [-0.2, -0.15) is 11.8 Å². The Morgan fingerprint density at radius 1 is 0.966 bits per heavy atom. The van der Waals surface area contributed by atoms with Crippen LogP contribution in [0.15, 0.2) is 54.7 Å². The largest absolute Gasteiger partial charge is 0.357 e. The minimum absolute atomic E-state index is 0.140. The van der Waals surface area contributed by atoms with E-state index in [1.807, 2.05) is 0 Å². The smallest absolute Gasteiger partial charge is 0.270 e. The molecule has 2 heterocycles. The molecule has 3 nitrogen and oxygen atoms in total. The van der Waals surface area contributed by atoms with Crippen LogP contribution in [-0.4, -0.2) is 34.6 Å². The Morgan fingerprint density at radius 2 is 1.72 bits per heavy atom. The first-order valence-electron chi connectivity index (χ1n) is 9.31. The van der Waals surface area contributed by atoms with Gasteiger partial charge in [0.2, 0.25) is 0 Å². The van der Waals surface area contributed by atoms with Crippen molar-refractivity contribution in [1.29, 1.82) is 0 Å². The highest BCUT2D eigenvalue weighted by molar-refractivity contribution is 7.99. The van der Waals surface area contributed by atoms with Crippen LogP contribution in [0.1, 0.15) is 27.7 Å². The Hall–Kier alpha value is -2.67. The Labute approximate surface area is 170 Å². The van der Waals surface area contributed by atoms with Crippen molar-refractivity contribution >= 4 is 17.7 Å². The maximum absolute atomic E-state index is 14.1. The van der Waals surface area contributed by atoms with Crippen molar-refractivity contribution in [3.8, 4) is 11.1 Å². The summed E-state index contributed by atoms with van der Waals surface area (Å²) >= 11 is 1.53. The number of amides is 1. The summed E-state index contributed by atoms with van der Waals surface area (Å²) in [4.78, 5) is 17.6. The maximum atomic E-state index is 14.1. The van der Waals surface area contributed by atoms with Gasteiger partial charge in [-0.15, -0.1) is 0 Å². The lowest BCUT2D eigenvalue weighted by Crippen LogP contribution is -2.33. The molecule has 29 heavy (non-hydrogen) atoms. The molecule has 0 aliphatic carbocycles. The van der Waals surface area contributed by atoms with E-state index in [0.717, 1.165) is 23.3 Å². The zero-order valence-corrected chi connectivity index (χ0v) is 16.3. The Morgan fingerprint density at radius 3 is 2.52 bits per heavy atom. The molecule has 3 aromatic rings. The highest BCUT2D eigenvalue weighted by Gasteiger charge is 2.25. The summed E-state index contributed by atoms with van der Waals surface area (Å²) in [7, 11) is 0. The summed E-state index contributed by atoms with van der Waals surface area (Å²) in [5, 5.41) is -0.193. The van der Waals surface area contributed by atoms with Gasteiger partial charge in [0.1, 0.15) is 23.1 Å². The van der Waals surface area contributed by atoms with E-state index < -0.39 is 11.6 Å². The molecule has 2 aromatic carbocycles. The highest BCUT2D eigenvalue weighted by atomic mass is 32.2.